The Morgan fingerprint density at radius 1 is 1.36 bits per heavy atom. The molecule has 0 amide bonds. The molecule has 1 fully saturated rings. The van der Waals surface area contributed by atoms with Gasteiger partial charge in [-0.05, 0) is 47.1 Å². The first-order valence-electron chi connectivity index (χ1n) is 8.40. The van der Waals surface area contributed by atoms with Crippen LogP contribution in [-0.2, 0) is 23.9 Å². The van der Waals surface area contributed by atoms with Crippen molar-refractivity contribution < 1.29 is 23.9 Å². The lowest BCUT2D eigenvalue weighted by molar-refractivity contribution is -0.167. The van der Waals surface area contributed by atoms with E-state index in [9.17, 15) is 14.4 Å². The summed E-state index contributed by atoms with van der Waals surface area (Å²) in [6.45, 7) is 8.72. The fourth-order valence-corrected chi connectivity index (χ4v) is 3.72. The molecule has 2 aliphatic carbocycles. The van der Waals surface area contributed by atoms with Crippen LogP contribution in [0.2, 0.25) is 0 Å². The molecule has 5 heteroatoms. The monoisotopic (exact) mass is 342 g/mol. The largest absolute Gasteiger partial charge is 0.453 e. The number of esters is 2. The Morgan fingerprint density at radius 2 is 2.04 bits per heavy atom. The maximum Gasteiger partial charge on any atom is 0.355 e. The van der Waals surface area contributed by atoms with E-state index < -0.39 is 23.6 Å². The Hall–Kier alpha value is -2.43. The predicted molar refractivity (Wildman–Crippen MR) is 91.5 cm³/mol. The number of hydrogen-bond donors (Lipinski definition) is 0. The highest BCUT2D eigenvalue weighted by Gasteiger charge is 2.57. The molecule has 3 aliphatic rings. The summed E-state index contributed by atoms with van der Waals surface area (Å²) in [5.41, 5.74) is 2.10. The standard InChI is InChI=1S/C20H22O5/c1-6-10(2)18(22)25-20(5)13-8-7-11(3)15-14(21)9-12(4)16(15)17(13)24-19(20)23/h6,8-9,16-17H,7H2,1-5H3. The van der Waals surface area contributed by atoms with Gasteiger partial charge in [0.1, 0.15) is 6.10 Å². The third-order valence-corrected chi connectivity index (χ3v) is 5.35. The van der Waals surface area contributed by atoms with Crippen molar-refractivity contribution in [3.8, 4) is 0 Å². The van der Waals surface area contributed by atoms with Crippen LogP contribution in [0.1, 0.15) is 41.0 Å². The summed E-state index contributed by atoms with van der Waals surface area (Å²) in [7, 11) is 0. The molecular formula is C20H22O5. The van der Waals surface area contributed by atoms with Gasteiger partial charge in [-0.1, -0.05) is 23.3 Å². The fraction of sp³-hybridized carbons (Fsp3) is 0.450. The molecule has 5 nitrogen and oxygen atoms in total. The van der Waals surface area contributed by atoms with Crippen molar-refractivity contribution in [3.63, 3.8) is 0 Å². The van der Waals surface area contributed by atoms with Gasteiger partial charge < -0.3 is 9.47 Å². The average molecular weight is 342 g/mol. The van der Waals surface area contributed by atoms with Gasteiger partial charge in [0.05, 0.1) is 5.92 Å². The zero-order valence-electron chi connectivity index (χ0n) is 15.1. The molecule has 3 atom stereocenters. The van der Waals surface area contributed by atoms with E-state index in [1.54, 1.807) is 32.9 Å². The van der Waals surface area contributed by atoms with E-state index in [-0.39, 0.29) is 11.7 Å². The van der Waals surface area contributed by atoms with Crippen LogP contribution in [-0.4, -0.2) is 29.4 Å². The molecule has 1 aliphatic heterocycles. The molecule has 0 bridgehead atoms. The maximum absolute atomic E-state index is 12.6. The summed E-state index contributed by atoms with van der Waals surface area (Å²) >= 11 is 0. The zero-order chi connectivity index (χ0) is 18.5. The topological polar surface area (TPSA) is 69.7 Å². The number of ether oxygens (including phenoxy) is 2. The summed E-state index contributed by atoms with van der Waals surface area (Å²) in [6.07, 6.45) is 5.03. The second kappa shape index (κ2) is 5.83. The fourth-order valence-electron chi connectivity index (χ4n) is 3.72. The third kappa shape index (κ3) is 2.49. The zero-order valence-corrected chi connectivity index (χ0v) is 15.1. The predicted octanol–water partition coefficient (Wildman–Crippen LogP) is 2.97. The summed E-state index contributed by atoms with van der Waals surface area (Å²) in [5, 5.41) is 0. The van der Waals surface area contributed by atoms with Crippen molar-refractivity contribution >= 4 is 17.7 Å². The maximum atomic E-state index is 12.6. The lowest BCUT2D eigenvalue weighted by atomic mass is 9.83. The van der Waals surface area contributed by atoms with Crippen LogP contribution >= 0.6 is 0 Å². The molecule has 1 saturated heterocycles. The van der Waals surface area contributed by atoms with E-state index in [1.165, 1.54) is 0 Å². The highest BCUT2D eigenvalue weighted by atomic mass is 16.6. The molecule has 0 aromatic carbocycles. The number of rotatable bonds is 2. The SMILES string of the molecule is CC=C(C)C(=O)OC1(C)C(=O)OC2C1=CCC(C)=C1C(=O)C=C(C)C12. The molecule has 0 saturated carbocycles. The summed E-state index contributed by atoms with van der Waals surface area (Å²) in [4.78, 5) is 37.2. The number of carbonyl (C=O) groups excluding carboxylic acids is 3. The molecule has 25 heavy (non-hydrogen) atoms. The smallest absolute Gasteiger partial charge is 0.355 e. The van der Waals surface area contributed by atoms with Gasteiger partial charge in [0.2, 0.25) is 5.60 Å². The third-order valence-electron chi connectivity index (χ3n) is 5.35. The van der Waals surface area contributed by atoms with Crippen LogP contribution in [0, 0.1) is 5.92 Å². The van der Waals surface area contributed by atoms with Gasteiger partial charge in [0.15, 0.2) is 5.78 Å². The second-order valence-corrected chi connectivity index (χ2v) is 7.01. The van der Waals surface area contributed by atoms with Crippen molar-refractivity contribution in [2.45, 2.75) is 52.7 Å². The highest BCUT2D eigenvalue weighted by molar-refractivity contribution is 6.09. The van der Waals surface area contributed by atoms with Crippen molar-refractivity contribution in [2.75, 3.05) is 0 Å². The van der Waals surface area contributed by atoms with Crippen LogP contribution in [0.25, 0.3) is 0 Å². The number of fused-ring (bicyclic) bond motifs is 3. The van der Waals surface area contributed by atoms with E-state index in [0.29, 0.717) is 23.1 Å². The number of carbonyl (C=O) groups is 3. The van der Waals surface area contributed by atoms with E-state index in [0.717, 1.165) is 11.1 Å². The van der Waals surface area contributed by atoms with Crippen molar-refractivity contribution in [3.05, 3.63) is 46.1 Å². The first-order chi connectivity index (χ1) is 11.7. The molecular weight excluding hydrogens is 320 g/mol. The summed E-state index contributed by atoms with van der Waals surface area (Å²) < 4.78 is 11.2. The van der Waals surface area contributed by atoms with Crippen molar-refractivity contribution in [2.24, 2.45) is 5.92 Å². The molecule has 0 radical (unpaired) electrons. The molecule has 0 aromatic rings. The van der Waals surface area contributed by atoms with Crippen LogP contribution in [0.5, 0.6) is 0 Å². The molecule has 0 aromatic heterocycles. The molecule has 0 spiro atoms. The van der Waals surface area contributed by atoms with Gasteiger partial charge in [-0.3, -0.25) is 4.79 Å². The number of ketones is 1. The Kier molecular flexibility index (Phi) is 4.06. The van der Waals surface area contributed by atoms with Gasteiger partial charge in [-0.25, -0.2) is 9.59 Å². The van der Waals surface area contributed by atoms with Gasteiger partial charge in [-0.2, -0.15) is 0 Å². The average Bonchev–Trinajstić information content (AvgIpc) is 2.90. The van der Waals surface area contributed by atoms with Crippen molar-refractivity contribution in [1.29, 1.82) is 0 Å². The lowest BCUT2D eigenvalue weighted by Crippen LogP contribution is -2.39. The summed E-state index contributed by atoms with van der Waals surface area (Å²) in [5.74, 6) is -1.46. The van der Waals surface area contributed by atoms with Gasteiger partial charge >= 0.3 is 11.9 Å². The van der Waals surface area contributed by atoms with Crippen LogP contribution in [0.4, 0.5) is 0 Å². The second-order valence-electron chi connectivity index (χ2n) is 7.01. The lowest BCUT2D eigenvalue weighted by Gasteiger charge is -2.25. The first-order valence-corrected chi connectivity index (χ1v) is 8.40. The quantitative estimate of drug-likeness (QED) is 0.438. The van der Waals surface area contributed by atoms with Crippen LogP contribution < -0.4 is 0 Å². The highest BCUT2D eigenvalue weighted by Crippen LogP contribution is 2.47. The van der Waals surface area contributed by atoms with E-state index in [1.807, 2.05) is 19.9 Å². The van der Waals surface area contributed by atoms with Crippen LogP contribution in [0.3, 0.4) is 0 Å². The minimum absolute atomic E-state index is 0.0268. The molecule has 3 unspecified atom stereocenters. The van der Waals surface area contributed by atoms with Crippen molar-refractivity contribution in [1.82, 2.24) is 0 Å². The first kappa shape index (κ1) is 17.4. The summed E-state index contributed by atoms with van der Waals surface area (Å²) in [6, 6.07) is 0. The number of allylic oxidation sites excluding steroid dienone is 4. The molecule has 132 valence electrons. The van der Waals surface area contributed by atoms with E-state index in [4.69, 9.17) is 9.47 Å². The van der Waals surface area contributed by atoms with E-state index >= 15 is 0 Å². The van der Waals surface area contributed by atoms with Gasteiger partial charge in [-0.15, -0.1) is 0 Å². The van der Waals surface area contributed by atoms with Crippen LogP contribution in [0.15, 0.2) is 46.1 Å². The Bertz CT molecular complexity index is 808. The van der Waals surface area contributed by atoms with Gasteiger partial charge in [0, 0.05) is 16.7 Å². The Morgan fingerprint density at radius 3 is 2.68 bits per heavy atom. The molecule has 3 rings (SSSR count). The normalized spacial score (nSPS) is 31.8. The Balaban J connectivity index is 2.03. The number of hydrogen-bond acceptors (Lipinski definition) is 5. The molecule has 0 N–H and O–H groups in total. The van der Waals surface area contributed by atoms with Gasteiger partial charge in [0.25, 0.3) is 0 Å². The Labute approximate surface area is 147 Å². The van der Waals surface area contributed by atoms with E-state index in [2.05, 4.69) is 0 Å². The minimum Gasteiger partial charge on any atom is -0.453 e. The molecule has 1 heterocycles. The minimum atomic E-state index is -1.46.